The molecule has 0 spiro atoms. The topological polar surface area (TPSA) is 146 Å². The molecule has 0 aliphatic heterocycles. The summed E-state index contributed by atoms with van der Waals surface area (Å²) in [6.45, 7) is 2.43. The van der Waals surface area contributed by atoms with Crippen LogP contribution in [0.4, 0.5) is 5.69 Å². The normalized spacial score (nSPS) is 13.1. The van der Waals surface area contributed by atoms with E-state index in [0.29, 0.717) is 43.9 Å². The van der Waals surface area contributed by atoms with Crippen molar-refractivity contribution in [3.8, 4) is 17.5 Å². The van der Waals surface area contributed by atoms with E-state index >= 15 is 0 Å². The molecule has 1 saturated carbocycles. The van der Waals surface area contributed by atoms with Gasteiger partial charge in [-0.15, -0.1) is 10.2 Å². The van der Waals surface area contributed by atoms with E-state index in [1.807, 2.05) is 34.9 Å². The molecule has 4 aromatic rings. The van der Waals surface area contributed by atoms with Crippen LogP contribution >= 0.6 is 0 Å². The predicted octanol–water partition coefficient (Wildman–Crippen LogP) is 3.04. The molecule has 2 aromatic heterocycles. The van der Waals surface area contributed by atoms with Crippen LogP contribution in [0.2, 0.25) is 0 Å². The number of H-pyrrole nitrogens is 1. The van der Waals surface area contributed by atoms with E-state index in [1.54, 1.807) is 18.9 Å². The number of nitrogens with one attached hydrogen (secondary N) is 4. The zero-order valence-electron chi connectivity index (χ0n) is 21.1. The molecule has 2 heterocycles. The second kappa shape index (κ2) is 12.2. The van der Waals surface area contributed by atoms with Gasteiger partial charge in [0.15, 0.2) is 0 Å². The number of nitriles is 1. The van der Waals surface area contributed by atoms with Gasteiger partial charge in [0.05, 0.1) is 29.1 Å². The van der Waals surface area contributed by atoms with E-state index in [2.05, 4.69) is 42.4 Å². The summed E-state index contributed by atoms with van der Waals surface area (Å²) in [4.78, 5) is 12.2. The van der Waals surface area contributed by atoms with E-state index in [-0.39, 0.29) is 12.0 Å². The lowest BCUT2D eigenvalue weighted by Crippen LogP contribution is -2.29. The van der Waals surface area contributed by atoms with Crippen molar-refractivity contribution in [3.63, 3.8) is 0 Å². The lowest BCUT2D eigenvalue weighted by Gasteiger charge is -2.26. The summed E-state index contributed by atoms with van der Waals surface area (Å²) in [5.74, 6) is 0.665. The first-order chi connectivity index (χ1) is 18.7. The highest BCUT2D eigenvalue weighted by molar-refractivity contribution is 5.93. The van der Waals surface area contributed by atoms with E-state index < -0.39 is 0 Å². The van der Waals surface area contributed by atoms with Crippen LogP contribution in [0.15, 0.2) is 49.2 Å². The van der Waals surface area contributed by atoms with Crippen LogP contribution in [0.25, 0.3) is 16.6 Å². The Kier molecular flexibility index (Phi) is 8.10. The highest BCUT2D eigenvalue weighted by atomic mass is 16.5. The molecule has 1 aliphatic carbocycles. The number of fused-ring (bicyclic) bond motifs is 1. The Morgan fingerprint density at radius 2 is 2.03 bits per heavy atom. The van der Waals surface area contributed by atoms with Crippen LogP contribution in [0.3, 0.4) is 0 Å². The van der Waals surface area contributed by atoms with Gasteiger partial charge >= 0.3 is 0 Å². The summed E-state index contributed by atoms with van der Waals surface area (Å²) < 4.78 is 7.73. The van der Waals surface area contributed by atoms with Gasteiger partial charge in [0.25, 0.3) is 0 Å². The smallest absolute Gasteiger partial charge is 0.221 e. The molecule has 0 atom stereocenters. The van der Waals surface area contributed by atoms with Crippen LogP contribution in [0.1, 0.15) is 43.2 Å². The number of ether oxygens (including phenoxy) is 1. The standard InChI is InChI=1S/C27H31N9O2/c28-14-20-11-19(5-6-26(20)38-22-3-1-4-22)15-29-10-7-27(37)31-9-2-8-30-24-12-21(36-17-33-34-18-36)13-25-23(24)16-32-35-25/h5-6,11-13,16-18,22,29-30H,1-4,7-10,15H2,(H,31,37)(H,32,35). The summed E-state index contributed by atoms with van der Waals surface area (Å²) in [7, 11) is 0. The average molecular weight is 514 g/mol. The fraction of sp³-hybridized carbons (Fsp3) is 0.370. The van der Waals surface area contributed by atoms with E-state index in [1.165, 1.54) is 6.42 Å². The average Bonchev–Trinajstić information content (AvgIpc) is 3.61. The molecule has 196 valence electrons. The van der Waals surface area contributed by atoms with Gasteiger partial charge < -0.3 is 20.7 Å². The molecule has 11 nitrogen and oxygen atoms in total. The number of aromatic nitrogens is 5. The van der Waals surface area contributed by atoms with Crippen LogP contribution in [0.5, 0.6) is 5.75 Å². The third-order valence-electron chi connectivity index (χ3n) is 6.62. The Balaban J connectivity index is 0.996. The van der Waals surface area contributed by atoms with E-state index in [0.717, 1.165) is 47.1 Å². The number of anilines is 1. The summed E-state index contributed by atoms with van der Waals surface area (Å²) in [5.41, 5.74) is 4.35. The van der Waals surface area contributed by atoms with Crippen LogP contribution < -0.4 is 20.7 Å². The van der Waals surface area contributed by atoms with Gasteiger partial charge in [-0.05, 0) is 55.5 Å². The molecule has 0 bridgehead atoms. The molecule has 11 heteroatoms. The van der Waals surface area contributed by atoms with Crippen molar-refractivity contribution >= 4 is 22.5 Å². The Morgan fingerprint density at radius 1 is 1.16 bits per heavy atom. The number of carbonyl (C=O) groups is 1. The maximum absolute atomic E-state index is 12.2. The fourth-order valence-corrected chi connectivity index (χ4v) is 4.27. The summed E-state index contributed by atoms with van der Waals surface area (Å²) in [6, 6.07) is 11.9. The van der Waals surface area contributed by atoms with Gasteiger partial charge in [-0.25, -0.2) is 0 Å². The quantitative estimate of drug-likeness (QED) is 0.200. The van der Waals surface area contributed by atoms with E-state index in [9.17, 15) is 10.1 Å². The van der Waals surface area contributed by atoms with Crippen molar-refractivity contribution in [1.82, 2.24) is 35.6 Å². The third kappa shape index (κ3) is 6.27. The molecule has 1 fully saturated rings. The molecule has 38 heavy (non-hydrogen) atoms. The summed E-state index contributed by atoms with van der Waals surface area (Å²) in [6.07, 6.45) is 9.80. The third-order valence-corrected chi connectivity index (χ3v) is 6.62. The highest BCUT2D eigenvalue weighted by Gasteiger charge is 2.20. The van der Waals surface area contributed by atoms with Crippen molar-refractivity contribution in [1.29, 1.82) is 5.26 Å². The minimum absolute atomic E-state index is 0.00582. The minimum atomic E-state index is 0.00582. The van der Waals surface area contributed by atoms with Gasteiger partial charge in [0.1, 0.15) is 24.5 Å². The van der Waals surface area contributed by atoms with E-state index in [4.69, 9.17) is 4.74 Å². The number of amides is 1. The maximum Gasteiger partial charge on any atom is 0.221 e. The molecule has 0 radical (unpaired) electrons. The largest absolute Gasteiger partial charge is 0.489 e. The molecule has 4 N–H and O–H groups in total. The van der Waals surface area contributed by atoms with Gasteiger partial charge in [-0.2, -0.15) is 10.4 Å². The van der Waals surface area contributed by atoms with Crippen LogP contribution in [0, 0.1) is 11.3 Å². The predicted molar refractivity (Wildman–Crippen MR) is 143 cm³/mol. The van der Waals surface area contributed by atoms with Gasteiger partial charge in [-0.1, -0.05) is 6.07 Å². The maximum atomic E-state index is 12.2. The van der Waals surface area contributed by atoms with Crippen LogP contribution in [-0.2, 0) is 11.3 Å². The number of benzene rings is 2. The first-order valence-corrected chi connectivity index (χ1v) is 12.9. The van der Waals surface area contributed by atoms with Crippen molar-refractivity contribution in [3.05, 3.63) is 60.3 Å². The lowest BCUT2D eigenvalue weighted by atomic mass is 9.96. The minimum Gasteiger partial charge on any atom is -0.489 e. The summed E-state index contributed by atoms with van der Waals surface area (Å²) >= 11 is 0. The Labute approximate surface area is 220 Å². The first-order valence-electron chi connectivity index (χ1n) is 12.9. The molecule has 1 aliphatic rings. The number of aromatic amines is 1. The lowest BCUT2D eigenvalue weighted by molar-refractivity contribution is -0.120. The number of rotatable bonds is 13. The highest BCUT2D eigenvalue weighted by Crippen LogP contribution is 2.28. The molecular formula is C27H31N9O2. The fourth-order valence-electron chi connectivity index (χ4n) is 4.27. The number of hydrogen-bond acceptors (Lipinski definition) is 8. The zero-order valence-corrected chi connectivity index (χ0v) is 21.1. The second-order valence-electron chi connectivity index (χ2n) is 9.36. The molecule has 0 saturated heterocycles. The monoisotopic (exact) mass is 513 g/mol. The first kappa shape index (κ1) is 25.2. The molecule has 5 rings (SSSR count). The second-order valence-corrected chi connectivity index (χ2v) is 9.36. The van der Waals surface area contributed by atoms with Gasteiger partial charge in [0.2, 0.25) is 5.91 Å². The van der Waals surface area contributed by atoms with Crippen molar-refractivity contribution in [2.75, 3.05) is 25.0 Å². The SMILES string of the molecule is N#Cc1cc(CNCCC(=O)NCCCNc2cc(-n3cnnc3)cc3[nH]ncc23)ccc1OC1CCC1. The molecular weight excluding hydrogens is 482 g/mol. The van der Waals surface area contributed by atoms with Crippen molar-refractivity contribution in [2.45, 2.75) is 44.8 Å². The Morgan fingerprint density at radius 3 is 2.82 bits per heavy atom. The Hall–Kier alpha value is -4.43. The van der Waals surface area contributed by atoms with Crippen molar-refractivity contribution in [2.24, 2.45) is 0 Å². The number of hydrogen-bond donors (Lipinski definition) is 4. The van der Waals surface area contributed by atoms with Crippen molar-refractivity contribution < 1.29 is 9.53 Å². The zero-order chi connectivity index (χ0) is 26.2. The molecule has 1 amide bonds. The van der Waals surface area contributed by atoms with Crippen LogP contribution in [-0.4, -0.2) is 56.6 Å². The summed E-state index contributed by atoms with van der Waals surface area (Å²) in [5, 5.41) is 35.0. The number of carbonyl (C=O) groups excluding carboxylic acids is 1. The van der Waals surface area contributed by atoms with Gasteiger partial charge in [-0.3, -0.25) is 14.5 Å². The molecule has 0 unspecified atom stereocenters. The molecule has 2 aromatic carbocycles. The van der Waals surface area contributed by atoms with Gasteiger partial charge in [0, 0.05) is 43.7 Å². The number of nitrogens with zero attached hydrogens (tertiary/aromatic N) is 5. The Bertz CT molecular complexity index is 1400.